The van der Waals surface area contributed by atoms with Crippen LogP contribution in [0.2, 0.25) is 0 Å². The van der Waals surface area contributed by atoms with Crippen LogP contribution in [0.3, 0.4) is 0 Å². The number of fused-ring (bicyclic) bond motifs is 5. The van der Waals surface area contributed by atoms with Crippen molar-refractivity contribution in [2.45, 2.75) is 38.5 Å². The van der Waals surface area contributed by atoms with Gasteiger partial charge in [-0.2, -0.15) is 0 Å². The number of imidazole rings is 1. The third-order valence-corrected chi connectivity index (χ3v) is 11.4. The number of para-hydroxylation sites is 2. The van der Waals surface area contributed by atoms with Crippen molar-refractivity contribution in [3.63, 3.8) is 0 Å². The number of pyridine rings is 1. The Morgan fingerprint density at radius 3 is 2.49 bits per heavy atom. The number of ether oxygens (including phenoxy) is 1. The Bertz CT molecular complexity index is 2390. The van der Waals surface area contributed by atoms with E-state index in [2.05, 4.69) is 37.3 Å². The fourth-order valence-corrected chi connectivity index (χ4v) is 8.53. The second-order valence-corrected chi connectivity index (χ2v) is 14.8. The summed E-state index contributed by atoms with van der Waals surface area (Å²) in [4.78, 5) is 44.2. The Morgan fingerprint density at radius 2 is 1.68 bits per heavy atom. The van der Waals surface area contributed by atoms with Crippen molar-refractivity contribution in [3.8, 4) is 23.0 Å². The zero-order valence-electron chi connectivity index (χ0n) is 29.1. The third-order valence-electron chi connectivity index (χ3n) is 11.4. The molecule has 0 saturated carbocycles. The normalized spacial score (nSPS) is 17.2. The van der Waals surface area contributed by atoms with Gasteiger partial charge in [-0.05, 0) is 104 Å². The maximum absolute atomic E-state index is 14.7. The number of halogens is 1. The minimum absolute atomic E-state index is 0.166. The molecular formula is C42H37FN6O4. The Morgan fingerprint density at radius 1 is 0.887 bits per heavy atom. The topological polar surface area (TPSA) is 117 Å². The number of benzene rings is 3. The van der Waals surface area contributed by atoms with Crippen molar-refractivity contribution in [1.82, 2.24) is 15.0 Å². The summed E-state index contributed by atoms with van der Waals surface area (Å²) in [5, 5.41) is 3.09. The van der Waals surface area contributed by atoms with E-state index in [0.29, 0.717) is 52.0 Å². The molecule has 53 heavy (non-hydrogen) atoms. The quantitative estimate of drug-likeness (QED) is 0.190. The summed E-state index contributed by atoms with van der Waals surface area (Å²) in [6, 6.07) is 22.1. The lowest BCUT2D eigenvalue weighted by Gasteiger charge is -2.53. The summed E-state index contributed by atoms with van der Waals surface area (Å²) in [5.41, 5.74) is 8.81. The summed E-state index contributed by atoms with van der Waals surface area (Å²) in [6.45, 7) is 3.77. The average Bonchev–Trinajstić information content (AvgIpc) is 3.91. The molecule has 0 bridgehead atoms. The van der Waals surface area contributed by atoms with E-state index < -0.39 is 5.82 Å². The second kappa shape index (κ2) is 12.4. The number of anilines is 3. The number of nitrogens with zero attached hydrogens (tertiary/aromatic N) is 4. The van der Waals surface area contributed by atoms with Crippen LogP contribution in [0, 0.1) is 11.2 Å². The molecule has 4 aliphatic rings. The van der Waals surface area contributed by atoms with Gasteiger partial charge in [0.05, 0.1) is 28.5 Å². The van der Waals surface area contributed by atoms with E-state index in [0.717, 1.165) is 86.9 Å². The standard InChI is InChI=1S/C42H37FN6O4/c43-29-21-35-37(44-22-29)38-28(20-36(53-38)39-46-32-6-1-2-7-33(32)47-39)12-15-49(35)41(51)25-8-10-30(11-9-25)45-40(50)31-18-26-4-3-5-27(26)19-34(31)48-23-42(24-48)13-16-52-17-14-42/h1-2,6-11,18-22H,3-5,12-17,23-24H2,(H,45,50)(H,46,47). The van der Waals surface area contributed by atoms with Gasteiger partial charge in [-0.3, -0.25) is 9.59 Å². The summed E-state index contributed by atoms with van der Waals surface area (Å²) >= 11 is 0. The smallest absolute Gasteiger partial charge is 0.258 e. The zero-order chi connectivity index (χ0) is 35.7. The maximum atomic E-state index is 14.7. The van der Waals surface area contributed by atoms with Crippen LogP contribution < -0.4 is 15.1 Å². The molecule has 2 saturated heterocycles. The summed E-state index contributed by atoms with van der Waals surface area (Å²) in [7, 11) is 0. The first-order valence-electron chi connectivity index (χ1n) is 18.4. The van der Waals surface area contributed by atoms with Gasteiger partial charge in [-0.1, -0.05) is 12.1 Å². The van der Waals surface area contributed by atoms with Crippen molar-refractivity contribution in [3.05, 3.63) is 113 Å². The highest BCUT2D eigenvalue weighted by molar-refractivity contribution is 6.10. The van der Waals surface area contributed by atoms with E-state index in [-0.39, 0.29) is 23.8 Å². The molecule has 3 aromatic heterocycles. The highest BCUT2D eigenvalue weighted by Crippen LogP contribution is 2.45. The molecule has 2 N–H and O–H groups in total. The first-order chi connectivity index (χ1) is 25.9. The molecule has 2 amide bonds. The highest BCUT2D eigenvalue weighted by atomic mass is 19.1. The van der Waals surface area contributed by atoms with Gasteiger partial charge in [0.15, 0.2) is 17.3 Å². The van der Waals surface area contributed by atoms with Gasteiger partial charge >= 0.3 is 0 Å². The Balaban J connectivity index is 0.889. The number of amides is 2. The predicted octanol–water partition coefficient (Wildman–Crippen LogP) is 7.58. The molecule has 3 aliphatic heterocycles. The van der Waals surface area contributed by atoms with Crippen LogP contribution >= 0.6 is 0 Å². The first-order valence-corrected chi connectivity index (χ1v) is 18.4. The molecule has 2 fully saturated rings. The molecule has 0 radical (unpaired) electrons. The molecule has 3 aromatic carbocycles. The van der Waals surface area contributed by atoms with Gasteiger partial charge in [0.25, 0.3) is 11.8 Å². The van der Waals surface area contributed by atoms with Crippen molar-refractivity contribution < 1.29 is 23.1 Å². The van der Waals surface area contributed by atoms with Gasteiger partial charge in [-0.15, -0.1) is 0 Å². The molecule has 10 rings (SSSR count). The van der Waals surface area contributed by atoms with Crippen LogP contribution in [-0.4, -0.2) is 59.6 Å². The number of aromatic nitrogens is 3. The minimum Gasteiger partial charge on any atom is -0.451 e. The van der Waals surface area contributed by atoms with Gasteiger partial charge < -0.3 is 29.3 Å². The molecule has 6 aromatic rings. The van der Waals surface area contributed by atoms with E-state index in [1.165, 1.54) is 17.2 Å². The zero-order valence-corrected chi connectivity index (χ0v) is 29.1. The van der Waals surface area contributed by atoms with E-state index in [4.69, 9.17) is 9.15 Å². The van der Waals surface area contributed by atoms with Crippen molar-refractivity contribution in [2.24, 2.45) is 5.41 Å². The summed E-state index contributed by atoms with van der Waals surface area (Å²) < 4.78 is 26.7. The van der Waals surface area contributed by atoms with Crippen molar-refractivity contribution >= 4 is 39.9 Å². The van der Waals surface area contributed by atoms with Crippen LogP contribution in [0.25, 0.3) is 34.1 Å². The Kier molecular flexibility index (Phi) is 7.47. The van der Waals surface area contributed by atoms with Gasteiger partial charge in [0.2, 0.25) is 0 Å². The molecule has 1 aliphatic carbocycles. The van der Waals surface area contributed by atoms with Gasteiger partial charge in [-0.25, -0.2) is 14.4 Å². The van der Waals surface area contributed by atoms with Crippen LogP contribution in [0.4, 0.5) is 21.5 Å². The molecule has 6 heterocycles. The van der Waals surface area contributed by atoms with E-state index in [1.807, 2.05) is 30.3 Å². The number of hydrogen-bond donors (Lipinski definition) is 2. The van der Waals surface area contributed by atoms with Gasteiger partial charge in [0, 0.05) is 66.8 Å². The lowest BCUT2D eigenvalue weighted by atomic mass is 9.73. The lowest BCUT2D eigenvalue weighted by Crippen LogP contribution is -2.59. The van der Waals surface area contributed by atoms with Crippen LogP contribution in [0.1, 0.15) is 56.7 Å². The SMILES string of the molecule is O=C(Nc1ccc(C(=O)N2CCc3cc(-c4nc5ccccc5[nH]4)oc3-c3ncc(F)cc32)cc1)c1cc2c(cc1N1CC3(CCOCC3)C1)CCC2. The van der Waals surface area contributed by atoms with Crippen LogP contribution in [-0.2, 0) is 24.0 Å². The number of carbonyl (C=O) groups is 2. The lowest BCUT2D eigenvalue weighted by molar-refractivity contribution is -0.000248. The van der Waals surface area contributed by atoms with E-state index >= 15 is 0 Å². The fourth-order valence-electron chi connectivity index (χ4n) is 8.53. The van der Waals surface area contributed by atoms with Crippen molar-refractivity contribution in [2.75, 3.05) is 48.0 Å². The molecule has 0 unspecified atom stereocenters. The number of hydrogen-bond acceptors (Lipinski definition) is 7. The number of H-pyrrole nitrogens is 1. The fraction of sp³-hybridized carbons (Fsp3) is 0.286. The molecule has 1 spiro atoms. The molecule has 0 atom stereocenters. The number of rotatable bonds is 5. The average molecular weight is 709 g/mol. The van der Waals surface area contributed by atoms with E-state index in [1.54, 1.807) is 29.2 Å². The number of aromatic amines is 1. The van der Waals surface area contributed by atoms with Crippen molar-refractivity contribution in [1.29, 1.82) is 0 Å². The highest BCUT2D eigenvalue weighted by Gasteiger charge is 2.45. The second-order valence-electron chi connectivity index (χ2n) is 14.8. The number of aryl methyl sites for hydroxylation is 2. The number of furan rings is 1. The molecule has 11 heteroatoms. The van der Waals surface area contributed by atoms with Gasteiger partial charge in [0.1, 0.15) is 11.5 Å². The summed E-state index contributed by atoms with van der Waals surface area (Å²) in [6.07, 6.45) is 6.85. The third kappa shape index (κ3) is 5.58. The minimum atomic E-state index is -0.556. The van der Waals surface area contributed by atoms with Crippen LogP contribution in [0.5, 0.6) is 0 Å². The maximum Gasteiger partial charge on any atom is 0.258 e. The largest absolute Gasteiger partial charge is 0.451 e. The Hall–Kier alpha value is -5.81. The number of nitrogens with one attached hydrogen (secondary N) is 2. The Labute approximate surface area is 305 Å². The predicted molar refractivity (Wildman–Crippen MR) is 200 cm³/mol. The van der Waals surface area contributed by atoms with E-state index in [9.17, 15) is 14.0 Å². The number of carbonyl (C=O) groups excluding carboxylic acids is 2. The van der Waals surface area contributed by atoms with Crippen LogP contribution in [0.15, 0.2) is 83.4 Å². The monoisotopic (exact) mass is 708 g/mol. The molecular weight excluding hydrogens is 671 g/mol. The molecule has 266 valence electrons. The first kappa shape index (κ1) is 31.9. The summed E-state index contributed by atoms with van der Waals surface area (Å²) in [5.74, 6) is 0.579. The molecule has 10 nitrogen and oxygen atoms in total.